The van der Waals surface area contributed by atoms with Crippen molar-refractivity contribution in [3.8, 4) is 0 Å². The number of allylic oxidation sites excluding steroid dienone is 1. The van der Waals surface area contributed by atoms with Crippen LogP contribution in [0, 0.1) is 6.92 Å². The molecule has 148 valence electrons. The first-order valence-electron chi connectivity index (χ1n) is 10.1. The molecule has 1 unspecified atom stereocenters. The summed E-state index contributed by atoms with van der Waals surface area (Å²) in [6.45, 7) is 8.71. The van der Waals surface area contributed by atoms with Gasteiger partial charge in [0, 0.05) is 0 Å². The Morgan fingerprint density at radius 1 is 1.25 bits per heavy atom. The maximum absolute atomic E-state index is 12.0. The number of aliphatic hydroxyl groups excluding tert-OH is 1. The van der Waals surface area contributed by atoms with Gasteiger partial charge < -0.3 is 9.84 Å². The zero-order valence-corrected chi connectivity index (χ0v) is 17.3. The highest BCUT2D eigenvalue weighted by Crippen LogP contribution is 2.41. The molecule has 2 aromatic carbocycles. The van der Waals surface area contributed by atoms with Gasteiger partial charge in [0.15, 0.2) is 0 Å². The number of carbonyl (C=O) groups excluding carboxylic acids is 1. The zero-order chi connectivity index (χ0) is 20.3. The molecule has 0 aromatic heterocycles. The van der Waals surface area contributed by atoms with Gasteiger partial charge in [0.1, 0.15) is 0 Å². The van der Waals surface area contributed by atoms with E-state index in [-0.39, 0.29) is 17.5 Å². The quantitative estimate of drug-likeness (QED) is 0.696. The highest BCUT2D eigenvalue weighted by atomic mass is 16.5. The molecule has 0 saturated heterocycles. The number of carbonyl (C=O) groups is 1. The molecule has 0 spiro atoms. The standard InChI is InChI=1S/C25H30O3/c1-5-28-24(27)20-11-9-17(2)19(16-20)8-6-7-18-10-12-22-21(15-18)23(26)13-14-25(22,3)4/h6,8-12,15-16,23,26H,5,7,13-14H2,1-4H3/b8-6-. The van der Waals surface area contributed by atoms with Crippen LogP contribution in [0.5, 0.6) is 0 Å². The van der Waals surface area contributed by atoms with Crippen molar-refractivity contribution in [3.05, 3.63) is 75.9 Å². The minimum absolute atomic E-state index is 0.119. The Bertz CT molecular complexity index is 893. The van der Waals surface area contributed by atoms with Crippen LogP contribution in [0.3, 0.4) is 0 Å². The molecular formula is C25H30O3. The third-order valence-corrected chi connectivity index (χ3v) is 5.69. The van der Waals surface area contributed by atoms with Gasteiger partial charge in [-0.2, -0.15) is 0 Å². The molecule has 3 heteroatoms. The van der Waals surface area contributed by atoms with E-state index in [4.69, 9.17) is 4.74 Å². The summed E-state index contributed by atoms with van der Waals surface area (Å²) in [5.74, 6) is -0.288. The predicted octanol–water partition coefficient (Wildman–Crippen LogP) is 5.53. The van der Waals surface area contributed by atoms with Gasteiger partial charge in [0.25, 0.3) is 0 Å². The number of rotatable bonds is 5. The number of hydrogen-bond donors (Lipinski definition) is 1. The normalized spacial score (nSPS) is 18.1. The van der Waals surface area contributed by atoms with Crippen LogP contribution >= 0.6 is 0 Å². The van der Waals surface area contributed by atoms with E-state index in [1.807, 2.05) is 26.0 Å². The Labute approximate surface area is 168 Å². The Morgan fingerprint density at radius 2 is 2.04 bits per heavy atom. The van der Waals surface area contributed by atoms with E-state index in [1.54, 1.807) is 6.07 Å². The number of aryl methyl sites for hydroxylation is 1. The van der Waals surface area contributed by atoms with E-state index in [9.17, 15) is 9.90 Å². The van der Waals surface area contributed by atoms with Crippen LogP contribution in [0.1, 0.15) is 77.9 Å². The van der Waals surface area contributed by atoms with Crippen molar-refractivity contribution in [2.24, 2.45) is 0 Å². The molecule has 1 aliphatic rings. The lowest BCUT2D eigenvalue weighted by atomic mass is 9.71. The van der Waals surface area contributed by atoms with Gasteiger partial charge in [-0.3, -0.25) is 0 Å². The third-order valence-electron chi connectivity index (χ3n) is 5.69. The van der Waals surface area contributed by atoms with Crippen LogP contribution in [-0.4, -0.2) is 17.7 Å². The molecule has 28 heavy (non-hydrogen) atoms. The van der Waals surface area contributed by atoms with Crippen LogP contribution in [0.25, 0.3) is 6.08 Å². The second kappa shape index (κ2) is 8.32. The fourth-order valence-corrected chi connectivity index (χ4v) is 3.90. The molecule has 0 saturated carbocycles. The lowest BCUT2D eigenvalue weighted by Gasteiger charge is -2.35. The summed E-state index contributed by atoms with van der Waals surface area (Å²) in [5, 5.41) is 10.4. The van der Waals surface area contributed by atoms with Gasteiger partial charge in [-0.05, 0) is 78.5 Å². The molecule has 0 aliphatic heterocycles. The van der Waals surface area contributed by atoms with Crippen LogP contribution in [0.15, 0.2) is 42.5 Å². The molecule has 1 aliphatic carbocycles. The topological polar surface area (TPSA) is 46.5 Å². The second-order valence-electron chi connectivity index (χ2n) is 8.26. The Balaban J connectivity index is 1.78. The molecule has 3 nitrogen and oxygen atoms in total. The number of ether oxygens (including phenoxy) is 1. The van der Waals surface area contributed by atoms with Crippen molar-refractivity contribution in [1.29, 1.82) is 0 Å². The molecule has 0 heterocycles. The molecule has 1 N–H and O–H groups in total. The van der Waals surface area contributed by atoms with E-state index in [0.717, 1.165) is 36.0 Å². The summed E-state index contributed by atoms with van der Waals surface area (Å²) >= 11 is 0. The molecule has 0 radical (unpaired) electrons. The fourth-order valence-electron chi connectivity index (χ4n) is 3.90. The fraction of sp³-hybridized carbons (Fsp3) is 0.400. The van der Waals surface area contributed by atoms with Gasteiger partial charge in [0.2, 0.25) is 0 Å². The van der Waals surface area contributed by atoms with Crippen LogP contribution in [0.2, 0.25) is 0 Å². The minimum Gasteiger partial charge on any atom is -0.462 e. The first kappa shape index (κ1) is 20.3. The zero-order valence-electron chi connectivity index (χ0n) is 17.3. The summed E-state index contributed by atoms with van der Waals surface area (Å²) in [6.07, 6.45) is 6.41. The van der Waals surface area contributed by atoms with Crippen molar-refractivity contribution < 1.29 is 14.6 Å². The number of aliphatic hydroxyl groups is 1. The van der Waals surface area contributed by atoms with Crippen molar-refractivity contribution in [2.75, 3.05) is 6.61 Å². The van der Waals surface area contributed by atoms with Gasteiger partial charge in [-0.15, -0.1) is 0 Å². The summed E-state index contributed by atoms with van der Waals surface area (Å²) in [6, 6.07) is 12.1. The highest BCUT2D eigenvalue weighted by Gasteiger charge is 2.31. The van der Waals surface area contributed by atoms with Crippen molar-refractivity contribution in [3.63, 3.8) is 0 Å². The minimum atomic E-state index is -0.365. The Kier molecular flexibility index (Phi) is 6.04. The second-order valence-corrected chi connectivity index (χ2v) is 8.26. The Morgan fingerprint density at radius 3 is 2.79 bits per heavy atom. The van der Waals surface area contributed by atoms with Crippen molar-refractivity contribution >= 4 is 12.0 Å². The summed E-state index contributed by atoms with van der Waals surface area (Å²) in [5.41, 5.74) is 6.35. The Hall–Kier alpha value is -2.39. The van der Waals surface area contributed by atoms with Crippen molar-refractivity contribution in [2.45, 2.75) is 58.5 Å². The third kappa shape index (κ3) is 4.36. The first-order chi connectivity index (χ1) is 13.3. The summed E-state index contributed by atoms with van der Waals surface area (Å²) in [7, 11) is 0. The SMILES string of the molecule is CCOC(=O)c1ccc(C)c(/C=C\Cc2ccc3c(c2)C(O)CCC3(C)C)c1. The maximum Gasteiger partial charge on any atom is 0.338 e. The van der Waals surface area contributed by atoms with Gasteiger partial charge >= 0.3 is 5.97 Å². The van der Waals surface area contributed by atoms with Gasteiger partial charge in [0.05, 0.1) is 18.3 Å². The van der Waals surface area contributed by atoms with Crippen molar-refractivity contribution in [1.82, 2.24) is 0 Å². The van der Waals surface area contributed by atoms with E-state index in [1.165, 1.54) is 11.1 Å². The molecular weight excluding hydrogens is 348 g/mol. The largest absolute Gasteiger partial charge is 0.462 e. The van der Waals surface area contributed by atoms with Gasteiger partial charge in [-0.25, -0.2) is 4.79 Å². The lowest BCUT2D eigenvalue weighted by Crippen LogP contribution is -2.26. The number of esters is 1. The number of fused-ring (bicyclic) bond motifs is 1. The average Bonchev–Trinajstić information content (AvgIpc) is 2.66. The smallest absolute Gasteiger partial charge is 0.338 e. The summed E-state index contributed by atoms with van der Waals surface area (Å²) in [4.78, 5) is 12.0. The monoisotopic (exact) mass is 378 g/mol. The van der Waals surface area contributed by atoms with Crippen LogP contribution < -0.4 is 0 Å². The molecule has 2 aromatic rings. The van der Waals surface area contributed by atoms with E-state index < -0.39 is 0 Å². The first-order valence-corrected chi connectivity index (χ1v) is 10.1. The van der Waals surface area contributed by atoms with Crippen LogP contribution in [-0.2, 0) is 16.6 Å². The van der Waals surface area contributed by atoms with E-state index in [2.05, 4.69) is 44.2 Å². The van der Waals surface area contributed by atoms with Crippen LogP contribution in [0.4, 0.5) is 0 Å². The van der Waals surface area contributed by atoms with E-state index in [0.29, 0.717) is 12.2 Å². The molecule has 1 atom stereocenters. The van der Waals surface area contributed by atoms with Gasteiger partial charge in [-0.1, -0.05) is 50.3 Å². The number of hydrogen-bond acceptors (Lipinski definition) is 3. The summed E-state index contributed by atoms with van der Waals surface area (Å²) < 4.78 is 5.09. The average molecular weight is 379 g/mol. The predicted molar refractivity (Wildman–Crippen MR) is 114 cm³/mol. The van der Waals surface area contributed by atoms with E-state index >= 15 is 0 Å². The molecule has 3 rings (SSSR count). The molecule has 0 amide bonds. The highest BCUT2D eigenvalue weighted by molar-refractivity contribution is 5.90. The maximum atomic E-state index is 12.0. The lowest BCUT2D eigenvalue weighted by molar-refractivity contribution is 0.0526. The molecule has 0 bridgehead atoms. The number of benzene rings is 2. The molecule has 0 fully saturated rings.